The van der Waals surface area contributed by atoms with Gasteiger partial charge in [0.15, 0.2) is 0 Å². The number of hydrogen-bond donors (Lipinski definition) is 1. The van der Waals surface area contributed by atoms with Crippen LogP contribution < -0.4 is 9.46 Å². The molecule has 162 valence electrons. The Balaban J connectivity index is 1.69. The number of benzene rings is 2. The molecule has 0 aromatic heterocycles. The summed E-state index contributed by atoms with van der Waals surface area (Å²) < 4.78 is 58.1. The van der Waals surface area contributed by atoms with E-state index in [1.54, 1.807) is 10.8 Å². The van der Waals surface area contributed by atoms with Gasteiger partial charge < -0.3 is 9.64 Å². The van der Waals surface area contributed by atoms with Crippen LogP contribution in [0.2, 0.25) is 0 Å². The second-order valence-corrected chi connectivity index (χ2v) is 9.31. The second-order valence-electron chi connectivity index (χ2n) is 7.57. The van der Waals surface area contributed by atoms with Crippen LogP contribution in [-0.2, 0) is 16.6 Å². The first-order valence-electron chi connectivity index (χ1n) is 9.54. The highest BCUT2D eigenvalue weighted by atomic mass is 32.2. The molecule has 1 amide bonds. The van der Waals surface area contributed by atoms with Gasteiger partial charge in [-0.3, -0.25) is 4.79 Å². The minimum atomic E-state index is -3.89. The molecule has 1 saturated heterocycles. The molecule has 0 saturated carbocycles. The van der Waals surface area contributed by atoms with Crippen LogP contribution in [0.15, 0.2) is 36.4 Å². The summed E-state index contributed by atoms with van der Waals surface area (Å²) in [6.07, 6.45) is 2.86. The first-order chi connectivity index (χ1) is 14.1. The van der Waals surface area contributed by atoms with Crippen molar-refractivity contribution in [3.8, 4) is 5.75 Å². The largest absolute Gasteiger partial charge is 0.489 e. The molecular formula is C21H24F2N2O4S. The zero-order chi connectivity index (χ0) is 21.9. The van der Waals surface area contributed by atoms with E-state index in [4.69, 9.17) is 4.74 Å². The quantitative estimate of drug-likeness (QED) is 0.750. The average molecular weight is 438 g/mol. The fourth-order valence-corrected chi connectivity index (χ4v) is 3.90. The van der Waals surface area contributed by atoms with Gasteiger partial charge in [-0.25, -0.2) is 21.9 Å². The molecule has 1 N–H and O–H groups in total. The number of nitrogens with zero attached hydrogens (tertiary/aromatic N) is 1. The standard InChI is InChI=1S/C21H24F2N2O4S/c1-25-8-6-14(7-9-25)15-4-3-5-17(10-15)29-13-16-11-20(23)18(12-19(16)22)21(26)24-30(2,27)28/h3-5,10-12,14H,6-9,13H2,1-2H3,(H,24,26). The topological polar surface area (TPSA) is 75.7 Å². The molecule has 0 aliphatic carbocycles. The molecule has 0 bridgehead atoms. The Hall–Kier alpha value is -2.52. The van der Waals surface area contributed by atoms with E-state index in [0.717, 1.165) is 43.8 Å². The summed E-state index contributed by atoms with van der Waals surface area (Å²) in [5.74, 6) is -2.14. The highest BCUT2D eigenvalue weighted by molar-refractivity contribution is 7.89. The van der Waals surface area contributed by atoms with Crippen molar-refractivity contribution in [3.05, 3.63) is 64.7 Å². The smallest absolute Gasteiger partial charge is 0.267 e. The molecule has 3 rings (SSSR count). The monoisotopic (exact) mass is 438 g/mol. The maximum absolute atomic E-state index is 14.4. The van der Waals surface area contributed by atoms with Crippen molar-refractivity contribution in [1.29, 1.82) is 0 Å². The summed E-state index contributed by atoms with van der Waals surface area (Å²) >= 11 is 0. The van der Waals surface area contributed by atoms with Gasteiger partial charge in [-0.2, -0.15) is 0 Å². The van der Waals surface area contributed by atoms with Crippen molar-refractivity contribution in [2.45, 2.75) is 25.4 Å². The Morgan fingerprint density at radius 3 is 2.53 bits per heavy atom. The number of sulfonamides is 1. The summed E-state index contributed by atoms with van der Waals surface area (Å²) in [6.45, 7) is 1.83. The molecule has 0 atom stereocenters. The summed E-state index contributed by atoms with van der Waals surface area (Å²) in [4.78, 5) is 14.1. The van der Waals surface area contributed by atoms with Gasteiger partial charge in [0.1, 0.15) is 24.0 Å². The highest BCUT2D eigenvalue weighted by Gasteiger charge is 2.20. The summed E-state index contributed by atoms with van der Waals surface area (Å²) in [5.41, 5.74) is 0.388. The predicted molar refractivity (Wildman–Crippen MR) is 109 cm³/mol. The van der Waals surface area contributed by atoms with Crippen LogP contribution in [0.4, 0.5) is 8.78 Å². The third kappa shape index (κ3) is 5.76. The average Bonchev–Trinajstić information content (AvgIpc) is 2.67. The van der Waals surface area contributed by atoms with Crippen LogP contribution in [0.1, 0.15) is 40.2 Å². The normalized spacial score (nSPS) is 15.7. The van der Waals surface area contributed by atoms with E-state index in [9.17, 15) is 22.0 Å². The van der Waals surface area contributed by atoms with Crippen LogP contribution in [0.25, 0.3) is 0 Å². The van der Waals surface area contributed by atoms with Gasteiger partial charge in [-0.15, -0.1) is 0 Å². The van der Waals surface area contributed by atoms with E-state index in [2.05, 4.69) is 11.9 Å². The zero-order valence-corrected chi connectivity index (χ0v) is 17.6. The maximum Gasteiger partial charge on any atom is 0.267 e. The minimum Gasteiger partial charge on any atom is -0.489 e. The molecule has 0 spiro atoms. The minimum absolute atomic E-state index is 0.0758. The number of carbonyl (C=O) groups excluding carboxylic acids is 1. The first-order valence-corrected chi connectivity index (χ1v) is 11.4. The van der Waals surface area contributed by atoms with Crippen molar-refractivity contribution in [3.63, 3.8) is 0 Å². The van der Waals surface area contributed by atoms with Crippen LogP contribution in [-0.4, -0.2) is 45.6 Å². The van der Waals surface area contributed by atoms with Gasteiger partial charge in [0.25, 0.3) is 5.91 Å². The number of ether oxygens (including phenoxy) is 1. The maximum atomic E-state index is 14.4. The predicted octanol–water partition coefficient (Wildman–Crippen LogP) is 3.04. The fourth-order valence-electron chi connectivity index (χ4n) is 3.46. The summed E-state index contributed by atoms with van der Waals surface area (Å²) in [7, 11) is -1.79. The van der Waals surface area contributed by atoms with Crippen molar-refractivity contribution in [1.82, 2.24) is 9.62 Å². The van der Waals surface area contributed by atoms with Crippen molar-refractivity contribution < 1.29 is 26.7 Å². The Bertz CT molecular complexity index is 1040. The van der Waals surface area contributed by atoms with Crippen LogP contribution in [0, 0.1) is 11.6 Å². The molecule has 0 unspecified atom stereocenters. The lowest BCUT2D eigenvalue weighted by Crippen LogP contribution is -2.30. The highest BCUT2D eigenvalue weighted by Crippen LogP contribution is 2.30. The van der Waals surface area contributed by atoms with E-state index in [-0.39, 0.29) is 12.2 Å². The molecule has 9 heteroatoms. The van der Waals surface area contributed by atoms with Crippen LogP contribution in [0.5, 0.6) is 5.75 Å². The van der Waals surface area contributed by atoms with Crippen molar-refractivity contribution >= 4 is 15.9 Å². The molecule has 0 radical (unpaired) electrons. The van der Waals surface area contributed by atoms with Crippen LogP contribution >= 0.6 is 0 Å². The lowest BCUT2D eigenvalue weighted by molar-refractivity contribution is 0.0977. The number of nitrogens with one attached hydrogen (secondary N) is 1. The molecular weight excluding hydrogens is 414 g/mol. The van der Waals surface area contributed by atoms with Gasteiger partial charge in [-0.1, -0.05) is 12.1 Å². The molecule has 30 heavy (non-hydrogen) atoms. The SMILES string of the molecule is CN1CCC(c2cccc(OCc3cc(F)c(C(=O)NS(C)(=O)=O)cc3F)c2)CC1. The molecule has 1 aliphatic rings. The van der Waals surface area contributed by atoms with Crippen LogP contribution in [0.3, 0.4) is 0 Å². The molecule has 1 fully saturated rings. The van der Waals surface area contributed by atoms with E-state index >= 15 is 0 Å². The first kappa shape index (κ1) is 22.2. The molecule has 6 nitrogen and oxygen atoms in total. The van der Waals surface area contributed by atoms with Gasteiger partial charge in [0.05, 0.1) is 11.8 Å². The van der Waals surface area contributed by atoms with Gasteiger partial charge >= 0.3 is 0 Å². The zero-order valence-electron chi connectivity index (χ0n) is 16.8. The molecule has 1 heterocycles. The third-order valence-electron chi connectivity index (χ3n) is 5.10. The molecule has 2 aromatic carbocycles. The lowest BCUT2D eigenvalue weighted by atomic mass is 9.89. The number of piperidine rings is 1. The van der Waals surface area contributed by atoms with Crippen molar-refractivity contribution in [2.75, 3.05) is 26.4 Å². The molecule has 1 aliphatic heterocycles. The number of likely N-dealkylation sites (tertiary alicyclic amines) is 1. The Kier molecular flexibility index (Phi) is 6.72. The van der Waals surface area contributed by atoms with E-state index in [0.29, 0.717) is 17.7 Å². The van der Waals surface area contributed by atoms with Gasteiger partial charge in [0, 0.05) is 5.56 Å². The van der Waals surface area contributed by atoms with Crippen molar-refractivity contribution in [2.24, 2.45) is 0 Å². The van der Waals surface area contributed by atoms with Gasteiger partial charge in [0.2, 0.25) is 10.0 Å². The fraction of sp³-hybridized carbons (Fsp3) is 0.381. The second kappa shape index (κ2) is 9.09. The Morgan fingerprint density at radius 1 is 1.17 bits per heavy atom. The summed E-state index contributed by atoms with van der Waals surface area (Å²) in [5, 5.41) is 0. The van der Waals surface area contributed by atoms with Gasteiger partial charge in [-0.05, 0) is 68.7 Å². The summed E-state index contributed by atoms with van der Waals surface area (Å²) in [6, 6.07) is 9.09. The Labute approximate surface area is 174 Å². The number of rotatable bonds is 6. The third-order valence-corrected chi connectivity index (χ3v) is 5.66. The van der Waals surface area contributed by atoms with E-state index in [1.165, 1.54) is 0 Å². The number of carbonyl (C=O) groups is 1. The van der Waals surface area contributed by atoms with E-state index < -0.39 is 33.1 Å². The number of hydrogen-bond acceptors (Lipinski definition) is 5. The number of halogens is 2. The molecule has 2 aromatic rings. The number of amides is 1. The lowest BCUT2D eigenvalue weighted by Gasteiger charge is -2.29. The Morgan fingerprint density at radius 2 is 1.87 bits per heavy atom. The van der Waals surface area contributed by atoms with E-state index in [1.807, 2.05) is 18.2 Å².